The molecular formula is C16H24N2O5S. The van der Waals surface area contributed by atoms with Crippen molar-refractivity contribution in [2.45, 2.75) is 45.0 Å². The van der Waals surface area contributed by atoms with Crippen molar-refractivity contribution in [1.29, 1.82) is 0 Å². The number of carbonyl (C=O) groups is 2. The SMILES string of the molecule is CCC(=O)C(C(N)=O)N(C(C)C)S(=O)(=O)Cc1cccc(OC)c1. The molecule has 0 fully saturated rings. The molecule has 134 valence electrons. The molecule has 7 nitrogen and oxygen atoms in total. The molecule has 1 amide bonds. The molecule has 0 bridgehead atoms. The Morgan fingerprint density at radius 2 is 1.92 bits per heavy atom. The molecule has 8 heteroatoms. The molecular weight excluding hydrogens is 332 g/mol. The molecule has 0 heterocycles. The predicted molar refractivity (Wildman–Crippen MR) is 90.9 cm³/mol. The number of ketones is 1. The number of amides is 1. The van der Waals surface area contributed by atoms with Crippen LogP contribution in [0.5, 0.6) is 5.75 Å². The van der Waals surface area contributed by atoms with E-state index < -0.39 is 33.8 Å². The number of hydrogen-bond donors (Lipinski definition) is 1. The van der Waals surface area contributed by atoms with Crippen LogP contribution in [-0.2, 0) is 25.4 Å². The monoisotopic (exact) mass is 356 g/mol. The van der Waals surface area contributed by atoms with E-state index in [1.54, 1.807) is 45.0 Å². The summed E-state index contributed by atoms with van der Waals surface area (Å²) in [7, 11) is -2.46. The molecule has 1 atom stereocenters. The minimum absolute atomic E-state index is 0.0194. The smallest absolute Gasteiger partial charge is 0.243 e. The lowest BCUT2D eigenvalue weighted by molar-refractivity contribution is -0.132. The number of primary amides is 1. The fourth-order valence-corrected chi connectivity index (χ4v) is 4.38. The first-order valence-corrected chi connectivity index (χ1v) is 9.21. The fourth-order valence-electron chi connectivity index (χ4n) is 2.45. The lowest BCUT2D eigenvalue weighted by Gasteiger charge is -2.31. The number of sulfonamides is 1. The van der Waals surface area contributed by atoms with Crippen molar-refractivity contribution >= 4 is 21.7 Å². The van der Waals surface area contributed by atoms with E-state index in [-0.39, 0.29) is 12.2 Å². The third-order valence-corrected chi connectivity index (χ3v) is 5.46. The summed E-state index contributed by atoms with van der Waals surface area (Å²) < 4.78 is 31.7. The lowest BCUT2D eigenvalue weighted by atomic mass is 10.1. The van der Waals surface area contributed by atoms with Gasteiger partial charge in [0.05, 0.1) is 12.9 Å². The number of rotatable bonds is 9. The lowest BCUT2D eigenvalue weighted by Crippen LogP contribution is -2.55. The van der Waals surface area contributed by atoms with Crippen LogP contribution >= 0.6 is 0 Å². The number of methoxy groups -OCH3 is 1. The van der Waals surface area contributed by atoms with Crippen LogP contribution in [0.2, 0.25) is 0 Å². The molecule has 0 aromatic heterocycles. The number of benzene rings is 1. The van der Waals surface area contributed by atoms with Crippen LogP contribution in [0.1, 0.15) is 32.8 Å². The van der Waals surface area contributed by atoms with Gasteiger partial charge < -0.3 is 10.5 Å². The van der Waals surface area contributed by atoms with Crippen LogP contribution in [0.4, 0.5) is 0 Å². The van der Waals surface area contributed by atoms with Crippen molar-refractivity contribution in [3.05, 3.63) is 29.8 Å². The molecule has 2 N–H and O–H groups in total. The van der Waals surface area contributed by atoms with Gasteiger partial charge >= 0.3 is 0 Å². The topological polar surface area (TPSA) is 107 Å². The van der Waals surface area contributed by atoms with Gasteiger partial charge in [0.2, 0.25) is 15.9 Å². The highest BCUT2D eigenvalue weighted by molar-refractivity contribution is 7.88. The highest BCUT2D eigenvalue weighted by Gasteiger charge is 2.39. The average Bonchev–Trinajstić information content (AvgIpc) is 2.50. The van der Waals surface area contributed by atoms with Crippen LogP contribution in [0, 0.1) is 0 Å². The molecule has 1 aromatic carbocycles. The number of hydrogen-bond acceptors (Lipinski definition) is 5. The Balaban J connectivity index is 3.26. The molecule has 1 rings (SSSR count). The zero-order chi connectivity index (χ0) is 18.5. The van der Waals surface area contributed by atoms with Crippen LogP contribution < -0.4 is 10.5 Å². The Morgan fingerprint density at radius 3 is 2.38 bits per heavy atom. The summed E-state index contributed by atoms with van der Waals surface area (Å²) in [4.78, 5) is 23.8. The van der Waals surface area contributed by atoms with E-state index in [0.29, 0.717) is 11.3 Å². The van der Waals surface area contributed by atoms with E-state index in [1.807, 2.05) is 0 Å². The summed E-state index contributed by atoms with van der Waals surface area (Å²) in [6.07, 6.45) is 0.0194. The second-order valence-electron chi connectivity index (χ2n) is 5.66. The van der Waals surface area contributed by atoms with E-state index in [1.165, 1.54) is 7.11 Å². The molecule has 1 unspecified atom stereocenters. The molecule has 0 radical (unpaired) electrons. The van der Waals surface area contributed by atoms with Gasteiger partial charge in [0.15, 0.2) is 11.8 Å². The van der Waals surface area contributed by atoms with Crippen LogP contribution in [0.15, 0.2) is 24.3 Å². The van der Waals surface area contributed by atoms with Crippen molar-refractivity contribution in [1.82, 2.24) is 4.31 Å². The number of nitrogens with two attached hydrogens (primary N) is 1. The molecule has 0 aliphatic carbocycles. The van der Waals surface area contributed by atoms with Crippen LogP contribution in [0.25, 0.3) is 0 Å². The maximum absolute atomic E-state index is 12.8. The van der Waals surface area contributed by atoms with Crippen molar-refractivity contribution in [3.8, 4) is 5.75 Å². The van der Waals surface area contributed by atoms with E-state index >= 15 is 0 Å². The van der Waals surface area contributed by atoms with Gasteiger partial charge in [-0.25, -0.2) is 8.42 Å². The van der Waals surface area contributed by atoms with Gasteiger partial charge in [-0.3, -0.25) is 9.59 Å². The van der Waals surface area contributed by atoms with Gasteiger partial charge in [-0.1, -0.05) is 19.1 Å². The second-order valence-corrected chi connectivity index (χ2v) is 7.53. The zero-order valence-corrected chi connectivity index (χ0v) is 15.2. The zero-order valence-electron chi connectivity index (χ0n) is 14.4. The highest BCUT2D eigenvalue weighted by Crippen LogP contribution is 2.21. The van der Waals surface area contributed by atoms with Crippen molar-refractivity contribution in [3.63, 3.8) is 0 Å². The minimum Gasteiger partial charge on any atom is -0.497 e. The number of nitrogens with zero attached hydrogens (tertiary/aromatic N) is 1. The normalized spacial score (nSPS) is 13.1. The first-order chi connectivity index (χ1) is 11.1. The quantitative estimate of drug-likeness (QED) is 0.666. The van der Waals surface area contributed by atoms with Gasteiger partial charge in [-0.2, -0.15) is 4.31 Å². The van der Waals surface area contributed by atoms with Gasteiger partial charge in [0.1, 0.15) is 5.75 Å². The van der Waals surface area contributed by atoms with Crippen LogP contribution in [-0.4, -0.2) is 43.6 Å². The maximum atomic E-state index is 12.8. The minimum atomic E-state index is -3.94. The second kappa shape index (κ2) is 8.25. The van der Waals surface area contributed by atoms with Gasteiger partial charge in [0, 0.05) is 12.5 Å². The molecule has 0 spiro atoms. The third-order valence-electron chi connectivity index (χ3n) is 3.49. The van der Waals surface area contributed by atoms with Gasteiger partial charge in [-0.05, 0) is 31.5 Å². The Labute approximate surface area is 142 Å². The average molecular weight is 356 g/mol. The number of carbonyl (C=O) groups excluding carboxylic acids is 2. The number of Topliss-reactive ketones (excluding diaryl/α,β-unsaturated/α-hetero) is 1. The molecule has 24 heavy (non-hydrogen) atoms. The molecule has 0 aliphatic rings. The predicted octanol–water partition coefficient (Wildman–Crippen LogP) is 1.07. The fraction of sp³-hybridized carbons (Fsp3) is 0.500. The summed E-state index contributed by atoms with van der Waals surface area (Å²) in [5, 5.41) is 0. The Bertz CT molecular complexity index is 700. The van der Waals surface area contributed by atoms with Crippen LogP contribution in [0.3, 0.4) is 0 Å². The summed E-state index contributed by atoms with van der Waals surface area (Å²) in [5.74, 6) is -1.33. The summed E-state index contributed by atoms with van der Waals surface area (Å²) in [6.45, 7) is 4.76. The summed E-state index contributed by atoms with van der Waals surface area (Å²) in [5.41, 5.74) is 5.79. The van der Waals surface area contributed by atoms with E-state index in [4.69, 9.17) is 10.5 Å². The first kappa shape index (κ1) is 20.1. The largest absolute Gasteiger partial charge is 0.497 e. The number of ether oxygens (including phenoxy) is 1. The molecule has 0 saturated carbocycles. The van der Waals surface area contributed by atoms with Crippen molar-refractivity contribution < 1.29 is 22.7 Å². The standard InChI is InChI=1S/C16H24N2O5S/c1-5-14(19)15(16(17)20)18(11(2)3)24(21,22)10-12-7-6-8-13(9-12)23-4/h6-9,11,15H,5,10H2,1-4H3,(H2,17,20). The summed E-state index contributed by atoms with van der Waals surface area (Å²) >= 11 is 0. The summed E-state index contributed by atoms with van der Waals surface area (Å²) in [6, 6.07) is 4.52. The van der Waals surface area contributed by atoms with Gasteiger partial charge in [0.25, 0.3) is 0 Å². The first-order valence-electron chi connectivity index (χ1n) is 7.60. The van der Waals surface area contributed by atoms with E-state index in [2.05, 4.69) is 0 Å². The highest BCUT2D eigenvalue weighted by atomic mass is 32.2. The van der Waals surface area contributed by atoms with E-state index in [0.717, 1.165) is 4.31 Å². The van der Waals surface area contributed by atoms with Gasteiger partial charge in [-0.15, -0.1) is 0 Å². The maximum Gasteiger partial charge on any atom is 0.243 e. The molecule has 1 aromatic rings. The Morgan fingerprint density at radius 1 is 1.29 bits per heavy atom. The van der Waals surface area contributed by atoms with E-state index in [9.17, 15) is 18.0 Å². The third kappa shape index (κ3) is 4.78. The van der Waals surface area contributed by atoms with Crippen molar-refractivity contribution in [2.24, 2.45) is 5.73 Å². The Kier molecular flexibility index (Phi) is 6.92. The molecule has 0 saturated heterocycles. The van der Waals surface area contributed by atoms with Crippen molar-refractivity contribution in [2.75, 3.05) is 7.11 Å². The molecule has 0 aliphatic heterocycles. The Hall–Kier alpha value is -1.93.